The highest BCUT2D eigenvalue weighted by Gasteiger charge is 2.38. The summed E-state index contributed by atoms with van der Waals surface area (Å²) < 4.78 is 0.906. The van der Waals surface area contributed by atoms with Gasteiger partial charge in [-0.2, -0.15) is 0 Å². The fraction of sp³-hybridized carbons (Fsp3) is 0.533. The van der Waals surface area contributed by atoms with Gasteiger partial charge in [0.1, 0.15) is 0 Å². The molecule has 3 nitrogen and oxygen atoms in total. The minimum atomic E-state index is -0.302. The summed E-state index contributed by atoms with van der Waals surface area (Å²) in [6.07, 6.45) is 3.89. The molecule has 1 amide bonds. The Morgan fingerprint density at radius 3 is 2.95 bits per heavy atom. The number of halogens is 2. The molecule has 1 aliphatic heterocycles. The van der Waals surface area contributed by atoms with Crippen LogP contribution >= 0.6 is 27.5 Å². The van der Waals surface area contributed by atoms with Crippen LogP contribution in [0, 0.1) is 5.41 Å². The number of anilines is 1. The van der Waals surface area contributed by atoms with Crippen LogP contribution in [0.15, 0.2) is 22.7 Å². The predicted molar refractivity (Wildman–Crippen MR) is 87.2 cm³/mol. The van der Waals surface area contributed by atoms with Crippen molar-refractivity contribution < 1.29 is 4.79 Å². The van der Waals surface area contributed by atoms with Gasteiger partial charge in [-0.1, -0.05) is 40.9 Å². The molecule has 0 radical (unpaired) electrons. The Balaban J connectivity index is 2.15. The monoisotopic (exact) mass is 358 g/mol. The average Bonchev–Trinajstić information content (AvgIpc) is 2.43. The summed E-state index contributed by atoms with van der Waals surface area (Å²) in [5.74, 6) is 0.0794. The molecule has 1 atom stereocenters. The van der Waals surface area contributed by atoms with Gasteiger partial charge in [0.2, 0.25) is 5.91 Å². The third kappa shape index (κ3) is 3.54. The second-order valence-electron chi connectivity index (χ2n) is 5.39. The summed E-state index contributed by atoms with van der Waals surface area (Å²) in [4.78, 5) is 12.7. The zero-order valence-electron chi connectivity index (χ0n) is 11.6. The third-order valence-electron chi connectivity index (χ3n) is 3.86. The first-order chi connectivity index (χ1) is 9.57. The normalized spacial score (nSPS) is 22.6. The van der Waals surface area contributed by atoms with Gasteiger partial charge in [-0.15, -0.1) is 0 Å². The molecular weight excluding hydrogens is 340 g/mol. The minimum absolute atomic E-state index is 0.0794. The topological polar surface area (TPSA) is 41.1 Å². The van der Waals surface area contributed by atoms with E-state index in [1.807, 2.05) is 12.1 Å². The molecule has 1 heterocycles. The number of amides is 1. The summed E-state index contributed by atoms with van der Waals surface area (Å²) in [7, 11) is 0. The van der Waals surface area contributed by atoms with E-state index in [0.29, 0.717) is 10.7 Å². The maximum absolute atomic E-state index is 12.7. The number of hydrogen-bond donors (Lipinski definition) is 2. The van der Waals surface area contributed by atoms with Gasteiger partial charge in [0.25, 0.3) is 0 Å². The van der Waals surface area contributed by atoms with Crippen molar-refractivity contribution in [2.24, 2.45) is 5.41 Å². The maximum Gasteiger partial charge on any atom is 0.231 e. The molecule has 1 aliphatic rings. The van der Waals surface area contributed by atoms with Crippen LogP contribution in [0.25, 0.3) is 0 Å². The molecule has 20 heavy (non-hydrogen) atoms. The van der Waals surface area contributed by atoms with Crippen molar-refractivity contribution in [3.05, 3.63) is 27.7 Å². The van der Waals surface area contributed by atoms with E-state index in [1.165, 1.54) is 0 Å². The first-order valence-corrected chi connectivity index (χ1v) is 8.22. The molecule has 1 aromatic rings. The third-order valence-corrected chi connectivity index (χ3v) is 4.67. The number of benzene rings is 1. The Kier molecular flexibility index (Phi) is 5.47. The average molecular weight is 360 g/mol. The fourth-order valence-corrected chi connectivity index (χ4v) is 3.53. The van der Waals surface area contributed by atoms with Gasteiger partial charge < -0.3 is 10.6 Å². The highest BCUT2D eigenvalue weighted by atomic mass is 79.9. The fourth-order valence-electron chi connectivity index (χ4n) is 2.81. The van der Waals surface area contributed by atoms with E-state index in [2.05, 4.69) is 33.5 Å². The summed E-state index contributed by atoms with van der Waals surface area (Å²) >= 11 is 9.54. The molecule has 1 saturated heterocycles. The summed E-state index contributed by atoms with van der Waals surface area (Å²) in [5, 5.41) is 6.91. The molecule has 2 N–H and O–H groups in total. The van der Waals surface area contributed by atoms with Gasteiger partial charge in [-0.05, 0) is 44.0 Å². The van der Waals surface area contributed by atoms with E-state index < -0.39 is 0 Å². The Bertz CT molecular complexity index is 481. The van der Waals surface area contributed by atoms with E-state index in [1.54, 1.807) is 6.07 Å². The number of carbonyl (C=O) groups is 1. The van der Waals surface area contributed by atoms with Crippen LogP contribution in [-0.4, -0.2) is 19.0 Å². The van der Waals surface area contributed by atoms with Crippen molar-refractivity contribution in [1.82, 2.24) is 5.32 Å². The van der Waals surface area contributed by atoms with Crippen LogP contribution < -0.4 is 10.6 Å². The smallest absolute Gasteiger partial charge is 0.231 e. The van der Waals surface area contributed by atoms with Crippen molar-refractivity contribution in [2.75, 3.05) is 18.4 Å². The number of rotatable bonds is 4. The van der Waals surface area contributed by atoms with Gasteiger partial charge in [0.15, 0.2) is 0 Å². The van der Waals surface area contributed by atoms with Crippen molar-refractivity contribution in [3.8, 4) is 0 Å². The Morgan fingerprint density at radius 1 is 1.55 bits per heavy atom. The van der Waals surface area contributed by atoms with Gasteiger partial charge in [0, 0.05) is 11.0 Å². The molecule has 0 spiro atoms. The van der Waals surface area contributed by atoms with Crippen LogP contribution in [0.4, 0.5) is 5.69 Å². The van der Waals surface area contributed by atoms with Gasteiger partial charge in [-0.3, -0.25) is 4.79 Å². The van der Waals surface area contributed by atoms with E-state index in [0.717, 1.165) is 43.2 Å². The lowest BCUT2D eigenvalue weighted by molar-refractivity contribution is -0.127. The van der Waals surface area contributed by atoms with Crippen LogP contribution in [0.5, 0.6) is 0 Å². The van der Waals surface area contributed by atoms with Crippen molar-refractivity contribution in [3.63, 3.8) is 0 Å². The van der Waals surface area contributed by atoms with E-state index in [-0.39, 0.29) is 11.3 Å². The SMILES string of the molecule is CCCC1(C(=O)Nc2ccc(Br)cc2Cl)CCCNC1. The van der Waals surface area contributed by atoms with Crippen LogP contribution in [0.2, 0.25) is 5.02 Å². The minimum Gasteiger partial charge on any atom is -0.324 e. The number of carbonyl (C=O) groups excluding carboxylic acids is 1. The molecule has 0 saturated carbocycles. The molecule has 0 bridgehead atoms. The van der Waals surface area contributed by atoms with Gasteiger partial charge >= 0.3 is 0 Å². The van der Waals surface area contributed by atoms with Crippen molar-refractivity contribution in [1.29, 1.82) is 0 Å². The zero-order valence-corrected chi connectivity index (χ0v) is 14.0. The lowest BCUT2D eigenvalue weighted by Crippen LogP contribution is -2.48. The van der Waals surface area contributed by atoms with Crippen LogP contribution in [0.3, 0.4) is 0 Å². The highest BCUT2D eigenvalue weighted by molar-refractivity contribution is 9.10. The molecule has 1 fully saturated rings. The molecule has 5 heteroatoms. The molecule has 110 valence electrons. The molecular formula is C15H20BrClN2O. The van der Waals surface area contributed by atoms with Crippen LogP contribution in [-0.2, 0) is 4.79 Å². The van der Waals surface area contributed by atoms with E-state index in [9.17, 15) is 4.79 Å². The quantitative estimate of drug-likeness (QED) is 0.845. The van der Waals surface area contributed by atoms with Crippen LogP contribution in [0.1, 0.15) is 32.6 Å². The Labute approximate surface area is 133 Å². The molecule has 2 rings (SSSR count). The van der Waals surface area contributed by atoms with E-state index >= 15 is 0 Å². The standard InChI is InChI=1S/C15H20BrClN2O/c1-2-6-15(7-3-8-18-10-15)14(20)19-13-5-4-11(16)9-12(13)17/h4-5,9,18H,2-3,6-8,10H2,1H3,(H,19,20). The lowest BCUT2D eigenvalue weighted by Gasteiger charge is -2.36. The summed E-state index contributed by atoms with van der Waals surface area (Å²) in [5.41, 5.74) is 0.379. The van der Waals surface area contributed by atoms with Crippen molar-refractivity contribution in [2.45, 2.75) is 32.6 Å². The van der Waals surface area contributed by atoms with Gasteiger partial charge in [-0.25, -0.2) is 0 Å². The van der Waals surface area contributed by atoms with Gasteiger partial charge in [0.05, 0.1) is 16.1 Å². The second-order valence-corrected chi connectivity index (χ2v) is 6.71. The first-order valence-electron chi connectivity index (χ1n) is 7.04. The Morgan fingerprint density at radius 2 is 2.35 bits per heavy atom. The number of hydrogen-bond acceptors (Lipinski definition) is 2. The van der Waals surface area contributed by atoms with Crippen molar-refractivity contribution >= 4 is 39.1 Å². The second kappa shape index (κ2) is 6.92. The first kappa shape index (κ1) is 15.8. The Hall–Kier alpha value is -0.580. The number of piperidine rings is 1. The summed E-state index contributed by atoms with van der Waals surface area (Å²) in [6, 6.07) is 5.51. The summed E-state index contributed by atoms with van der Waals surface area (Å²) in [6.45, 7) is 3.87. The predicted octanol–water partition coefficient (Wildman–Crippen LogP) is 4.21. The zero-order chi connectivity index (χ0) is 14.6. The largest absolute Gasteiger partial charge is 0.324 e. The maximum atomic E-state index is 12.7. The lowest BCUT2D eigenvalue weighted by atomic mass is 9.76. The number of nitrogens with one attached hydrogen (secondary N) is 2. The molecule has 1 aromatic carbocycles. The molecule has 0 aromatic heterocycles. The highest BCUT2D eigenvalue weighted by Crippen LogP contribution is 2.34. The van der Waals surface area contributed by atoms with E-state index in [4.69, 9.17) is 11.6 Å². The molecule has 0 aliphatic carbocycles. The molecule has 1 unspecified atom stereocenters.